The van der Waals surface area contributed by atoms with Crippen molar-refractivity contribution in [1.82, 2.24) is 15.5 Å². The Hall–Kier alpha value is -0.200. The summed E-state index contributed by atoms with van der Waals surface area (Å²) in [7, 11) is 0. The van der Waals surface area contributed by atoms with Crippen LogP contribution in [0.2, 0.25) is 0 Å². The van der Waals surface area contributed by atoms with Gasteiger partial charge in [0.05, 0.1) is 11.6 Å². The maximum atomic E-state index is 6.81. The van der Waals surface area contributed by atoms with E-state index >= 15 is 0 Å². The van der Waals surface area contributed by atoms with Crippen LogP contribution in [0.15, 0.2) is 0 Å². The van der Waals surface area contributed by atoms with Crippen LogP contribution in [-0.4, -0.2) is 59.5 Å². The van der Waals surface area contributed by atoms with Gasteiger partial charge in [0, 0.05) is 30.2 Å². The molecule has 3 atom stereocenters. The highest BCUT2D eigenvalue weighted by Gasteiger charge is 2.47. The van der Waals surface area contributed by atoms with E-state index in [1.54, 1.807) is 0 Å². The number of nitrogens with zero attached hydrogens (tertiary/aromatic N) is 1. The number of hydrogen-bond donors (Lipinski definition) is 3. The minimum absolute atomic E-state index is 0.0348. The summed E-state index contributed by atoms with van der Waals surface area (Å²) >= 11 is 0. The molecule has 0 amide bonds. The lowest BCUT2D eigenvalue weighted by molar-refractivity contribution is -0.183. The SMILES string of the molecule is CCNC1CCCCC1OC1N(CC(C)(C)N)CC(C)(C)NC1(C)C. The first-order valence-electron chi connectivity index (χ1n) is 10.1. The molecule has 2 aliphatic rings. The number of likely N-dealkylation sites (N-methyl/N-ethyl adjacent to an activating group) is 1. The Bertz CT molecular complexity index is 426. The summed E-state index contributed by atoms with van der Waals surface area (Å²) in [6, 6.07) is 0.470. The number of piperazine rings is 1. The second-order valence-corrected chi connectivity index (χ2v) is 10.1. The summed E-state index contributed by atoms with van der Waals surface area (Å²) in [6.45, 7) is 18.2. The molecular weight excluding hydrogens is 312 g/mol. The van der Waals surface area contributed by atoms with Crippen molar-refractivity contribution in [2.24, 2.45) is 5.73 Å². The highest BCUT2D eigenvalue weighted by molar-refractivity contribution is 5.03. The van der Waals surface area contributed by atoms with Crippen molar-refractivity contribution >= 4 is 0 Å². The predicted molar refractivity (Wildman–Crippen MR) is 106 cm³/mol. The van der Waals surface area contributed by atoms with Crippen LogP contribution in [0.25, 0.3) is 0 Å². The fraction of sp³-hybridized carbons (Fsp3) is 1.00. The Kier molecular flexibility index (Phi) is 6.59. The number of ether oxygens (including phenoxy) is 1. The van der Waals surface area contributed by atoms with Crippen LogP contribution in [0.1, 0.15) is 74.1 Å². The van der Waals surface area contributed by atoms with E-state index in [2.05, 4.69) is 64.0 Å². The fourth-order valence-corrected chi connectivity index (χ4v) is 4.86. The van der Waals surface area contributed by atoms with Crippen LogP contribution in [-0.2, 0) is 4.74 Å². The maximum Gasteiger partial charge on any atom is 0.129 e. The molecule has 1 heterocycles. The summed E-state index contributed by atoms with van der Waals surface area (Å²) in [5.41, 5.74) is 6.07. The van der Waals surface area contributed by atoms with Crippen molar-refractivity contribution in [3.05, 3.63) is 0 Å². The molecular formula is C20H42N4O. The highest BCUT2D eigenvalue weighted by atomic mass is 16.5. The topological polar surface area (TPSA) is 62.5 Å². The van der Waals surface area contributed by atoms with Gasteiger partial charge in [-0.05, 0) is 60.9 Å². The van der Waals surface area contributed by atoms with E-state index in [0.717, 1.165) is 26.1 Å². The van der Waals surface area contributed by atoms with Gasteiger partial charge in [-0.2, -0.15) is 0 Å². The zero-order chi connectivity index (χ0) is 18.9. The average molecular weight is 355 g/mol. The van der Waals surface area contributed by atoms with E-state index in [-0.39, 0.29) is 28.9 Å². The van der Waals surface area contributed by atoms with Crippen molar-refractivity contribution in [1.29, 1.82) is 0 Å². The molecule has 0 bridgehead atoms. The average Bonchev–Trinajstić information content (AvgIpc) is 2.41. The van der Waals surface area contributed by atoms with Crippen LogP contribution in [0.4, 0.5) is 0 Å². The Morgan fingerprint density at radius 1 is 1.20 bits per heavy atom. The van der Waals surface area contributed by atoms with Crippen LogP contribution in [0.5, 0.6) is 0 Å². The van der Waals surface area contributed by atoms with E-state index in [0.29, 0.717) is 6.04 Å². The van der Waals surface area contributed by atoms with Crippen LogP contribution in [0, 0.1) is 0 Å². The van der Waals surface area contributed by atoms with Gasteiger partial charge in [0.15, 0.2) is 0 Å². The first-order chi connectivity index (χ1) is 11.4. The summed E-state index contributed by atoms with van der Waals surface area (Å²) in [6.07, 6.45) is 5.25. The first kappa shape index (κ1) is 21.1. The summed E-state index contributed by atoms with van der Waals surface area (Å²) in [5, 5.41) is 7.45. The van der Waals surface area contributed by atoms with Gasteiger partial charge < -0.3 is 21.1 Å². The predicted octanol–water partition coefficient (Wildman–Crippen LogP) is 2.45. The van der Waals surface area contributed by atoms with E-state index in [1.165, 1.54) is 19.3 Å². The summed E-state index contributed by atoms with van der Waals surface area (Å²) < 4.78 is 6.81. The van der Waals surface area contributed by atoms with Crippen molar-refractivity contribution in [2.75, 3.05) is 19.6 Å². The van der Waals surface area contributed by atoms with E-state index < -0.39 is 0 Å². The first-order valence-corrected chi connectivity index (χ1v) is 10.1. The third-order valence-electron chi connectivity index (χ3n) is 5.29. The normalized spacial score (nSPS) is 33.4. The highest BCUT2D eigenvalue weighted by Crippen LogP contribution is 2.32. The molecule has 5 nitrogen and oxygen atoms in total. The zero-order valence-corrected chi connectivity index (χ0v) is 17.6. The lowest BCUT2D eigenvalue weighted by Gasteiger charge is -2.55. The number of hydrogen-bond acceptors (Lipinski definition) is 5. The van der Waals surface area contributed by atoms with Crippen molar-refractivity contribution in [2.45, 2.75) is 109 Å². The van der Waals surface area contributed by atoms with Gasteiger partial charge in [-0.3, -0.25) is 4.90 Å². The monoisotopic (exact) mass is 354 g/mol. The smallest absolute Gasteiger partial charge is 0.129 e. The molecule has 0 radical (unpaired) electrons. The number of nitrogens with one attached hydrogen (secondary N) is 2. The van der Waals surface area contributed by atoms with Gasteiger partial charge in [-0.1, -0.05) is 19.8 Å². The van der Waals surface area contributed by atoms with E-state index in [1.807, 2.05) is 0 Å². The molecule has 148 valence electrons. The molecule has 3 unspecified atom stereocenters. The second-order valence-electron chi connectivity index (χ2n) is 10.1. The molecule has 0 aromatic heterocycles. The molecule has 25 heavy (non-hydrogen) atoms. The summed E-state index contributed by atoms with van der Waals surface area (Å²) in [4.78, 5) is 2.47. The molecule has 1 saturated heterocycles. The lowest BCUT2D eigenvalue weighted by atomic mass is 9.87. The van der Waals surface area contributed by atoms with Crippen molar-refractivity contribution < 1.29 is 4.74 Å². The molecule has 0 aromatic carbocycles. The molecule has 1 saturated carbocycles. The Morgan fingerprint density at radius 3 is 2.44 bits per heavy atom. The quantitative estimate of drug-likeness (QED) is 0.684. The van der Waals surface area contributed by atoms with Crippen LogP contribution >= 0.6 is 0 Å². The third-order valence-corrected chi connectivity index (χ3v) is 5.29. The minimum Gasteiger partial charge on any atom is -0.356 e. The van der Waals surface area contributed by atoms with E-state index in [9.17, 15) is 0 Å². The molecule has 0 aromatic rings. The van der Waals surface area contributed by atoms with Gasteiger partial charge in [0.1, 0.15) is 6.23 Å². The molecule has 0 spiro atoms. The largest absolute Gasteiger partial charge is 0.356 e. The Morgan fingerprint density at radius 2 is 1.84 bits per heavy atom. The Labute approximate surface area is 155 Å². The minimum atomic E-state index is -0.237. The van der Waals surface area contributed by atoms with Gasteiger partial charge in [0.2, 0.25) is 0 Å². The van der Waals surface area contributed by atoms with Crippen molar-refractivity contribution in [3.8, 4) is 0 Å². The standard InChI is InChI=1S/C20H42N4O/c1-8-22-15-11-9-10-12-16(15)25-17-20(6,7)23-19(4,5)14-24(17)13-18(2,3)21/h15-17,22-23H,8-14,21H2,1-7H3. The maximum absolute atomic E-state index is 6.81. The van der Waals surface area contributed by atoms with Gasteiger partial charge in [0.25, 0.3) is 0 Å². The molecule has 1 aliphatic carbocycles. The molecule has 2 rings (SSSR count). The zero-order valence-electron chi connectivity index (χ0n) is 17.6. The molecule has 2 fully saturated rings. The van der Waals surface area contributed by atoms with Gasteiger partial charge in [-0.15, -0.1) is 0 Å². The van der Waals surface area contributed by atoms with Crippen LogP contribution < -0.4 is 16.4 Å². The number of nitrogens with two attached hydrogens (primary N) is 1. The second kappa shape index (κ2) is 7.81. The molecule has 5 heteroatoms. The van der Waals surface area contributed by atoms with Gasteiger partial charge >= 0.3 is 0 Å². The Balaban J connectivity index is 2.20. The lowest BCUT2D eigenvalue weighted by Crippen LogP contribution is -2.74. The van der Waals surface area contributed by atoms with Gasteiger partial charge in [-0.25, -0.2) is 0 Å². The van der Waals surface area contributed by atoms with Crippen LogP contribution in [0.3, 0.4) is 0 Å². The molecule has 4 N–H and O–H groups in total. The van der Waals surface area contributed by atoms with E-state index in [4.69, 9.17) is 10.5 Å². The van der Waals surface area contributed by atoms with Crippen molar-refractivity contribution in [3.63, 3.8) is 0 Å². The third kappa shape index (κ3) is 5.90. The fourth-order valence-electron chi connectivity index (χ4n) is 4.86. The number of rotatable bonds is 6. The molecule has 1 aliphatic heterocycles. The summed E-state index contributed by atoms with van der Waals surface area (Å²) in [5.74, 6) is 0.